The molecule has 0 aliphatic heterocycles. The number of hydrogen-bond donors (Lipinski definition) is 0. The van der Waals surface area contributed by atoms with Gasteiger partial charge in [0.1, 0.15) is 0 Å². The third-order valence-corrected chi connectivity index (χ3v) is 9.57. The highest BCUT2D eigenvalue weighted by Crippen LogP contribution is 2.69. The van der Waals surface area contributed by atoms with Gasteiger partial charge in [-0.2, -0.15) is 0 Å². The van der Waals surface area contributed by atoms with E-state index in [-0.39, 0.29) is 0 Å². The molecular weight excluding hydrogens is 252 g/mol. The Balaban J connectivity index is 1.42. The zero-order chi connectivity index (χ0) is 14.2. The van der Waals surface area contributed by atoms with E-state index < -0.39 is 0 Å². The molecule has 0 aromatic heterocycles. The molecule has 7 unspecified atom stereocenters. The van der Waals surface area contributed by atoms with Gasteiger partial charge < -0.3 is 0 Å². The largest absolute Gasteiger partial charge is 0.0622 e. The molecule has 0 aromatic carbocycles. The molecule has 7 atom stereocenters. The molecule has 0 heterocycles. The van der Waals surface area contributed by atoms with Gasteiger partial charge in [0.05, 0.1) is 0 Å². The van der Waals surface area contributed by atoms with E-state index in [0.29, 0.717) is 0 Å². The van der Waals surface area contributed by atoms with Gasteiger partial charge in [-0.25, -0.2) is 0 Å². The van der Waals surface area contributed by atoms with E-state index >= 15 is 0 Å². The Labute approximate surface area is 131 Å². The minimum absolute atomic E-state index is 0.744. The van der Waals surface area contributed by atoms with Crippen LogP contribution in [0.1, 0.15) is 84.5 Å². The summed E-state index contributed by atoms with van der Waals surface area (Å²) in [6.45, 7) is 5.29. The average molecular weight is 287 g/mol. The fraction of sp³-hybridized carbons (Fsp3) is 1.00. The molecule has 5 aliphatic carbocycles. The Hall–Kier alpha value is 0. The topological polar surface area (TPSA) is 0 Å². The highest BCUT2D eigenvalue weighted by atomic mass is 14.6. The summed E-state index contributed by atoms with van der Waals surface area (Å²) in [4.78, 5) is 0. The highest BCUT2D eigenvalue weighted by Gasteiger charge is 2.59. The van der Waals surface area contributed by atoms with E-state index in [2.05, 4.69) is 13.8 Å². The minimum atomic E-state index is 0.744. The van der Waals surface area contributed by atoms with Crippen molar-refractivity contribution in [1.29, 1.82) is 0 Å². The van der Waals surface area contributed by atoms with E-state index in [1.165, 1.54) is 0 Å². The standard InChI is InChI=1S/C21H34/c1-14-3-5-17-16(14)7-8-19-18(17)6-4-15-13-21(11-12-21)10-9-20(15,19)2/h14-19H,3-13H2,1-2H3. The van der Waals surface area contributed by atoms with Gasteiger partial charge in [0.15, 0.2) is 0 Å². The Morgan fingerprint density at radius 2 is 1.43 bits per heavy atom. The molecule has 0 heteroatoms. The molecule has 0 bridgehead atoms. The Morgan fingerprint density at radius 1 is 0.714 bits per heavy atom. The maximum atomic E-state index is 2.74. The second kappa shape index (κ2) is 4.30. The number of rotatable bonds is 0. The zero-order valence-electron chi connectivity index (χ0n) is 14.2. The fourth-order valence-electron chi connectivity index (χ4n) is 8.00. The van der Waals surface area contributed by atoms with Crippen LogP contribution in [0.3, 0.4) is 0 Å². The first-order valence-corrected chi connectivity index (χ1v) is 10.1. The summed E-state index contributed by atoms with van der Waals surface area (Å²) in [5.41, 5.74) is 1.61. The van der Waals surface area contributed by atoms with Gasteiger partial charge in [-0.1, -0.05) is 20.3 Å². The van der Waals surface area contributed by atoms with Gasteiger partial charge >= 0.3 is 0 Å². The SMILES string of the molecule is CC1CCC2C1CCC1C2CCC2CC3(CC3)CCC21C. The van der Waals surface area contributed by atoms with Gasteiger partial charge in [-0.3, -0.25) is 0 Å². The van der Waals surface area contributed by atoms with Crippen LogP contribution in [0, 0.1) is 46.3 Å². The summed E-state index contributed by atoms with van der Waals surface area (Å²) >= 11 is 0. The Bertz CT molecular complexity index is 433. The van der Waals surface area contributed by atoms with Crippen molar-refractivity contribution in [3.63, 3.8) is 0 Å². The predicted octanol–water partition coefficient (Wildman–Crippen LogP) is 6.06. The highest BCUT2D eigenvalue weighted by molar-refractivity contribution is 5.09. The van der Waals surface area contributed by atoms with Gasteiger partial charge in [0.25, 0.3) is 0 Å². The summed E-state index contributed by atoms with van der Waals surface area (Å²) in [6.07, 6.45) is 17.5. The van der Waals surface area contributed by atoms with Crippen LogP contribution in [0.25, 0.3) is 0 Å². The Morgan fingerprint density at radius 3 is 2.24 bits per heavy atom. The molecule has 0 saturated heterocycles. The smallest absolute Gasteiger partial charge is 0.0266 e. The third-order valence-electron chi connectivity index (χ3n) is 9.57. The monoisotopic (exact) mass is 286 g/mol. The van der Waals surface area contributed by atoms with E-state index in [0.717, 1.165) is 46.3 Å². The lowest BCUT2D eigenvalue weighted by molar-refractivity contribution is -0.0992. The van der Waals surface area contributed by atoms with Gasteiger partial charge in [0, 0.05) is 0 Å². The molecule has 1 spiro atoms. The van der Waals surface area contributed by atoms with Crippen molar-refractivity contribution < 1.29 is 0 Å². The van der Waals surface area contributed by atoms with Gasteiger partial charge in [-0.15, -0.1) is 0 Å². The van der Waals surface area contributed by atoms with Crippen LogP contribution >= 0.6 is 0 Å². The van der Waals surface area contributed by atoms with E-state index in [4.69, 9.17) is 0 Å². The summed E-state index contributed by atoms with van der Waals surface area (Å²) in [5.74, 6) is 6.63. The van der Waals surface area contributed by atoms with Crippen LogP contribution in [0.15, 0.2) is 0 Å². The molecule has 0 nitrogen and oxygen atoms in total. The molecule has 5 aliphatic rings. The minimum Gasteiger partial charge on any atom is -0.0622 e. The van der Waals surface area contributed by atoms with E-state index in [1.807, 2.05) is 0 Å². The number of hydrogen-bond acceptors (Lipinski definition) is 0. The molecule has 5 fully saturated rings. The number of fused-ring (bicyclic) bond motifs is 5. The van der Waals surface area contributed by atoms with Crippen molar-refractivity contribution in [2.75, 3.05) is 0 Å². The maximum absolute atomic E-state index is 2.74. The molecule has 0 N–H and O–H groups in total. The maximum Gasteiger partial charge on any atom is -0.0266 e. The van der Waals surface area contributed by atoms with Crippen LogP contribution in [0.2, 0.25) is 0 Å². The first-order chi connectivity index (χ1) is 10.1. The lowest BCUT2D eigenvalue weighted by Gasteiger charge is -2.59. The zero-order valence-corrected chi connectivity index (χ0v) is 14.2. The second-order valence-electron chi connectivity index (χ2n) is 10.2. The van der Waals surface area contributed by atoms with Crippen molar-refractivity contribution in [1.82, 2.24) is 0 Å². The predicted molar refractivity (Wildman–Crippen MR) is 87.9 cm³/mol. The van der Waals surface area contributed by atoms with E-state index in [1.54, 1.807) is 70.6 Å². The van der Waals surface area contributed by atoms with Crippen molar-refractivity contribution in [3.05, 3.63) is 0 Å². The molecule has 0 amide bonds. The average Bonchev–Trinajstić information content (AvgIpc) is 3.14. The van der Waals surface area contributed by atoms with Crippen molar-refractivity contribution in [3.8, 4) is 0 Å². The fourth-order valence-corrected chi connectivity index (χ4v) is 8.00. The molecular formula is C21H34. The first kappa shape index (κ1) is 13.4. The quantitative estimate of drug-likeness (QED) is 0.508. The Kier molecular flexibility index (Phi) is 2.75. The van der Waals surface area contributed by atoms with Crippen molar-refractivity contribution in [2.45, 2.75) is 84.5 Å². The lowest BCUT2D eigenvalue weighted by atomic mass is 9.46. The normalized spacial score (nSPS) is 57.4. The molecule has 0 aromatic rings. The summed E-state index contributed by atoms with van der Waals surface area (Å²) < 4.78 is 0. The summed E-state index contributed by atoms with van der Waals surface area (Å²) in [7, 11) is 0. The second-order valence-corrected chi connectivity index (χ2v) is 10.2. The molecule has 21 heavy (non-hydrogen) atoms. The van der Waals surface area contributed by atoms with Crippen LogP contribution < -0.4 is 0 Å². The molecule has 118 valence electrons. The van der Waals surface area contributed by atoms with Gasteiger partial charge in [-0.05, 0) is 111 Å². The third kappa shape index (κ3) is 1.80. The van der Waals surface area contributed by atoms with Crippen LogP contribution in [0.5, 0.6) is 0 Å². The summed E-state index contributed by atoms with van der Waals surface area (Å²) in [6, 6.07) is 0. The molecule has 5 saturated carbocycles. The lowest BCUT2D eigenvalue weighted by Crippen LogP contribution is -2.51. The molecule has 5 rings (SSSR count). The van der Waals surface area contributed by atoms with E-state index in [9.17, 15) is 0 Å². The first-order valence-electron chi connectivity index (χ1n) is 10.1. The van der Waals surface area contributed by atoms with Crippen LogP contribution in [-0.2, 0) is 0 Å². The van der Waals surface area contributed by atoms with Gasteiger partial charge in [0.2, 0.25) is 0 Å². The van der Waals surface area contributed by atoms with Crippen molar-refractivity contribution >= 4 is 0 Å². The van der Waals surface area contributed by atoms with Crippen LogP contribution in [0.4, 0.5) is 0 Å². The molecule has 0 radical (unpaired) electrons. The van der Waals surface area contributed by atoms with Crippen molar-refractivity contribution in [2.24, 2.45) is 46.3 Å². The summed E-state index contributed by atoms with van der Waals surface area (Å²) in [5, 5.41) is 0. The van der Waals surface area contributed by atoms with Crippen LogP contribution in [-0.4, -0.2) is 0 Å².